The number of ether oxygens (including phenoxy) is 2. The number of esters is 1. The van der Waals surface area contributed by atoms with E-state index in [0.29, 0.717) is 27.6 Å². The fourth-order valence-corrected chi connectivity index (χ4v) is 2.88. The molecule has 0 saturated carbocycles. The lowest BCUT2D eigenvalue weighted by atomic mass is 10.2. The highest BCUT2D eigenvalue weighted by Gasteiger charge is 2.13. The summed E-state index contributed by atoms with van der Waals surface area (Å²) >= 11 is 1.30. The number of amides is 2. The second kappa shape index (κ2) is 9.99. The summed E-state index contributed by atoms with van der Waals surface area (Å²) in [5.41, 5.74) is 3.21. The molecule has 0 atom stereocenters. The van der Waals surface area contributed by atoms with Gasteiger partial charge in [0.05, 0.1) is 13.3 Å². The Hall–Kier alpha value is -3.98. The summed E-state index contributed by atoms with van der Waals surface area (Å²) in [6, 6.07) is 16.6. The molecule has 2 aromatic carbocycles. The van der Waals surface area contributed by atoms with Crippen LogP contribution in [0.3, 0.4) is 0 Å². The molecule has 2 amide bonds. The summed E-state index contributed by atoms with van der Waals surface area (Å²) in [6.07, 6.45) is 1.36. The first-order valence-electron chi connectivity index (χ1n) is 8.69. The van der Waals surface area contributed by atoms with Gasteiger partial charge in [-0.2, -0.15) is 5.10 Å². The van der Waals surface area contributed by atoms with E-state index in [-0.39, 0.29) is 0 Å². The Morgan fingerprint density at radius 2 is 1.77 bits per heavy atom. The van der Waals surface area contributed by atoms with E-state index < -0.39 is 17.8 Å². The fourth-order valence-electron chi connectivity index (χ4n) is 2.28. The Labute approximate surface area is 176 Å². The lowest BCUT2D eigenvalue weighted by Crippen LogP contribution is -2.32. The zero-order valence-corrected chi connectivity index (χ0v) is 16.6. The maximum atomic E-state index is 11.9. The van der Waals surface area contributed by atoms with Gasteiger partial charge in [0.2, 0.25) is 0 Å². The molecule has 9 heteroatoms. The van der Waals surface area contributed by atoms with Crippen LogP contribution in [-0.4, -0.2) is 31.1 Å². The van der Waals surface area contributed by atoms with E-state index in [1.165, 1.54) is 24.7 Å². The second-order valence-electron chi connectivity index (χ2n) is 5.82. The molecule has 0 radical (unpaired) electrons. The van der Waals surface area contributed by atoms with Gasteiger partial charge in [-0.25, -0.2) is 10.2 Å². The van der Waals surface area contributed by atoms with Crippen LogP contribution < -0.4 is 20.2 Å². The van der Waals surface area contributed by atoms with Gasteiger partial charge in [0.15, 0.2) is 0 Å². The smallest absolute Gasteiger partial charge is 0.353 e. The first-order chi connectivity index (χ1) is 14.5. The molecule has 0 spiro atoms. The Kier molecular flexibility index (Phi) is 6.91. The highest BCUT2D eigenvalue weighted by molar-refractivity contribution is 7.12. The number of nitrogens with one attached hydrogen (secondary N) is 2. The number of anilines is 1. The molecule has 1 aromatic heterocycles. The largest absolute Gasteiger partial charge is 0.497 e. The first kappa shape index (κ1) is 20.7. The van der Waals surface area contributed by atoms with Crippen LogP contribution in [0.25, 0.3) is 0 Å². The maximum Gasteiger partial charge on any atom is 0.353 e. The topological polar surface area (TPSA) is 106 Å². The van der Waals surface area contributed by atoms with Crippen molar-refractivity contribution in [1.82, 2.24) is 5.43 Å². The normalized spacial score (nSPS) is 10.4. The van der Waals surface area contributed by atoms with Crippen LogP contribution in [0.4, 0.5) is 5.69 Å². The maximum absolute atomic E-state index is 11.9. The second-order valence-corrected chi connectivity index (χ2v) is 6.77. The molecule has 3 rings (SSSR count). The molecule has 0 saturated heterocycles. The van der Waals surface area contributed by atoms with E-state index in [4.69, 9.17) is 9.47 Å². The van der Waals surface area contributed by atoms with Crippen molar-refractivity contribution in [2.24, 2.45) is 5.10 Å². The molecule has 0 aliphatic heterocycles. The quantitative estimate of drug-likeness (QED) is 0.208. The number of nitrogens with zero attached hydrogens (tertiary/aromatic N) is 1. The van der Waals surface area contributed by atoms with Gasteiger partial charge in [-0.15, -0.1) is 11.3 Å². The van der Waals surface area contributed by atoms with Crippen molar-refractivity contribution in [2.75, 3.05) is 12.4 Å². The Balaban J connectivity index is 1.50. The molecular formula is C21H17N3O5S. The van der Waals surface area contributed by atoms with Gasteiger partial charge in [0.25, 0.3) is 0 Å². The van der Waals surface area contributed by atoms with E-state index in [9.17, 15) is 14.4 Å². The molecule has 0 aliphatic carbocycles. The average Bonchev–Trinajstić information content (AvgIpc) is 3.30. The third-order valence-electron chi connectivity index (χ3n) is 3.73. The third kappa shape index (κ3) is 5.76. The molecule has 152 valence electrons. The summed E-state index contributed by atoms with van der Waals surface area (Å²) in [5, 5.41) is 8.00. The van der Waals surface area contributed by atoms with Crippen molar-refractivity contribution in [3.8, 4) is 11.5 Å². The minimum Gasteiger partial charge on any atom is -0.497 e. The van der Waals surface area contributed by atoms with Crippen molar-refractivity contribution in [3.63, 3.8) is 0 Å². The van der Waals surface area contributed by atoms with Gasteiger partial charge in [-0.3, -0.25) is 9.59 Å². The van der Waals surface area contributed by atoms with Crippen LogP contribution in [0.5, 0.6) is 11.5 Å². The number of carbonyl (C=O) groups is 3. The number of carbonyl (C=O) groups excluding carboxylic acids is 3. The predicted octanol–water partition coefficient (Wildman–Crippen LogP) is 3.06. The summed E-state index contributed by atoms with van der Waals surface area (Å²) in [4.78, 5) is 36.2. The van der Waals surface area contributed by atoms with E-state index in [1.54, 1.807) is 66.0 Å². The van der Waals surface area contributed by atoms with Crippen molar-refractivity contribution in [3.05, 3.63) is 76.5 Å². The number of hydrogen-bond acceptors (Lipinski definition) is 7. The monoisotopic (exact) mass is 423 g/mol. The lowest BCUT2D eigenvalue weighted by molar-refractivity contribution is -0.136. The standard InChI is InChI=1S/C21H17N3O5S/c1-28-17-5-2-4-15(12-17)23-19(25)20(26)24-22-13-14-7-9-16(10-8-14)29-21(27)18-6-3-11-30-18/h2-13H,1H3,(H,23,25)(H,24,26)/b22-13-. The molecule has 0 fully saturated rings. The molecule has 0 aliphatic rings. The number of thiophene rings is 1. The Morgan fingerprint density at radius 3 is 2.47 bits per heavy atom. The molecule has 0 unspecified atom stereocenters. The lowest BCUT2D eigenvalue weighted by Gasteiger charge is -2.06. The van der Waals surface area contributed by atoms with E-state index in [1.807, 2.05) is 0 Å². The van der Waals surface area contributed by atoms with Crippen LogP contribution in [-0.2, 0) is 9.59 Å². The summed E-state index contributed by atoms with van der Waals surface area (Å²) < 4.78 is 10.3. The Morgan fingerprint density at radius 1 is 0.967 bits per heavy atom. The predicted molar refractivity (Wildman–Crippen MR) is 113 cm³/mol. The molecular weight excluding hydrogens is 406 g/mol. The van der Waals surface area contributed by atoms with E-state index in [2.05, 4.69) is 15.8 Å². The third-order valence-corrected chi connectivity index (χ3v) is 4.58. The van der Waals surface area contributed by atoms with Crippen LogP contribution in [0, 0.1) is 0 Å². The SMILES string of the molecule is COc1cccc(NC(=O)C(=O)N/N=C\c2ccc(OC(=O)c3cccs3)cc2)c1. The van der Waals surface area contributed by atoms with Gasteiger partial charge >= 0.3 is 17.8 Å². The van der Waals surface area contributed by atoms with Crippen LogP contribution in [0.15, 0.2) is 71.1 Å². The van der Waals surface area contributed by atoms with Gasteiger partial charge in [-0.05, 0) is 53.4 Å². The first-order valence-corrected chi connectivity index (χ1v) is 9.57. The highest BCUT2D eigenvalue weighted by atomic mass is 32.1. The van der Waals surface area contributed by atoms with Gasteiger partial charge in [0.1, 0.15) is 16.4 Å². The van der Waals surface area contributed by atoms with E-state index in [0.717, 1.165) is 0 Å². The number of rotatable bonds is 6. The average molecular weight is 423 g/mol. The van der Waals surface area contributed by atoms with Gasteiger partial charge in [-0.1, -0.05) is 12.1 Å². The number of hydrazone groups is 1. The van der Waals surface area contributed by atoms with Gasteiger partial charge < -0.3 is 14.8 Å². The van der Waals surface area contributed by atoms with Crippen LogP contribution in [0.1, 0.15) is 15.2 Å². The number of benzene rings is 2. The molecule has 3 aromatic rings. The molecule has 8 nitrogen and oxygen atoms in total. The van der Waals surface area contributed by atoms with Crippen molar-refractivity contribution in [1.29, 1.82) is 0 Å². The summed E-state index contributed by atoms with van der Waals surface area (Å²) in [6.45, 7) is 0. The minimum absolute atomic E-state index is 0.382. The molecule has 2 N–H and O–H groups in total. The van der Waals surface area contributed by atoms with Crippen LogP contribution in [0.2, 0.25) is 0 Å². The zero-order chi connectivity index (χ0) is 21.3. The fraction of sp³-hybridized carbons (Fsp3) is 0.0476. The number of hydrogen-bond donors (Lipinski definition) is 2. The Bertz CT molecular complexity index is 1060. The minimum atomic E-state index is -0.921. The summed E-state index contributed by atoms with van der Waals surface area (Å²) in [5.74, 6) is -1.28. The summed E-state index contributed by atoms with van der Waals surface area (Å²) in [7, 11) is 1.50. The van der Waals surface area contributed by atoms with Crippen molar-refractivity contribution < 1.29 is 23.9 Å². The zero-order valence-electron chi connectivity index (χ0n) is 15.8. The molecule has 30 heavy (non-hydrogen) atoms. The van der Waals surface area contributed by atoms with Crippen LogP contribution >= 0.6 is 11.3 Å². The van der Waals surface area contributed by atoms with Gasteiger partial charge in [0, 0.05) is 11.8 Å². The molecule has 1 heterocycles. The van der Waals surface area contributed by atoms with Crippen molar-refractivity contribution in [2.45, 2.75) is 0 Å². The molecule has 0 bridgehead atoms. The van der Waals surface area contributed by atoms with Crippen molar-refractivity contribution >= 4 is 41.0 Å². The highest BCUT2D eigenvalue weighted by Crippen LogP contribution is 2.17. The van der Waals surface area contributed by atoms with E-state index >= 15 is 0 Å². The number of methoxy groups -OCH3 is 1.